The summed E-state index contributed by atoms with van der Waals surface area (Å²) in [5, 5.41) is 2.97. The van der Waals surface area contributed by atoms with Gasteiger partial charge in [0.05, 0.1) is 24.2 Å². The van der Waals surface area contributed by atoms with Crippen molar-refractivity contribution in [3.05, 3.63) is 18.1 Å². The van der Waals surface area contributed by atoms with Crippen LogP contribution in [-0.2, 0) is 11.3 Å². The van der Waals surface area contributed by atoms with E-state index in [9.17, 15) is 0 Å². The minimum atomic E-state index is 0.307. The maximum Gasteiger partial charge on any atom is 0.144 e. The lowest BCUT2D eigenvalue weighted by molar-refractivity contribution is 0.0666. The number of nitrogens with one attached hydrogen (secondary N) is 1. The summed E-state index contributed by atoms with van der Waals surface area (Å²) in [7, 11) is 1.84. The molecule has 0 bridgehead atoms. The SMILES string of the molecule is CNc1cnc(CN2CCCOC(C)C2)cn1. The first-order valence-electron chi connectivity index (χ1n) is 6.10. The molecule has 5 nitrogen and oxygen atoms in total. The third-order valence-corrected chi connectivity index (χ3v) is 2.88. The number of rotatable bonds is 3. The van der Waals surface area contributed by atoms with Crippen molar-refractivity contribution in [1.29, 1.82) is 0 Å². The van der Waals surface area contributed by atoms with Gasteiger partial charge >= 0.3 is 0 Å². The first-order chi connectivity index (χ1) is 8.28. The van der Waals surface area contributed by atoms with E-state index in [-0.39, 0.29) is 0 Å². The molecule has 1 aromatic rings. The Hall–Kier alpha value is -1.20. The average molecular weight is 236 g/mol. The summed E-state index contributed by atoms with van der Waals surface area (Å²) < 4.78 is 5.62. The fraction of sp³-hybridized carbons (Fsp3) is 0.667. The van der Waals surface area contributed by atoms with Crippen molar-refractivity contribution in [2.24, 2.45) is 0 Å². The van der Waals surface area contributed by atoms with E-state index >= 15 is 0 Å². The molecule has 0 spiro atoms. The molecule has 0 aromatic carbocycles. The summed E-state index contributed by atoms with van der Waals surface area (Å²) in [5.74, 6) is 0.807. The summed E-state index contributed by atoms with van der Waals surface area (Å²) >= 11 is 0. The number of hydrogen-bond acceptors (Lipinski definition) is 5. The number of nitrogens with zero attached hydrogens (tertiary/aromatic N) is 3. The maximum absolute atomic E-state index is 5.62. The van der Waals surface area contributed by atoms with Crippen LogP contribution >= 0.6 is 0 Å². The average Bonchev–Trinajstić information content (AvgIpc) is 2.55. The Kier molecular flexibility index (Phi) is 4.28. The first-order valence-corrected chi connectivity index (χ1v) is 6.10. The summed E-state index contributed by atoms with van der Waals surface area (Å²) in [4.78, 5) is 11.0. The third kappa shape index (κ3) is 3.64. The van der Waals surface area contributed by atoms with E-state index in [1.54, 1.807) is 6.20 Å². The van der Waals surface area contributed by atoms with Crippen molar-refractivity contribution in [1.82, 2.24) is 14.9 Å². The largest absolute Gasteiger partial charge is 0.377 e. The molecule has 17 heavy (non-hydrogen) atoms. The quantitative estimate of drug-likeness (QED) is 0.852. The lowest BCUT2D eigenvalue weighted by atomic mass is 10.3. The van der Waals surface area contributed by atoms with Gasteiger partial charge in [0.1, 0.15) is 5.82 Å². The van der Waals surface area contributed by atoms with Crippen LogP contribution < -0.4 is 5.32 Å². The second-order valence-corrected chi connectivity index (χ2v) is 4.41. The van der Waals surface area contributed by atoms with Gasteiger partial charge in [0, 0.05) is 33.3 Å². The van der Waals surface area contributed by atoms with Crippen LogP contribution in [0, 0.1) is 0 Å². The molecule has 94 valence electrons. The molecule has 1 atom stereocenters. The van der Waals surface area contributed by atoms with Crippen molar-refractivity contribution in [3.8, 4) is 0 Å². The lowest BCUT2D eigenvalue weighted by Crippen LogP contribution is -2.30. The highest BCUT2D eigenvalue weighted by molar-refractivity contribution is 5.29. The smallest absolute Gasteiger partial charge is 0.144 e. The molecule has 1 saturated heterocycles. The monoisotopic (exact) mass is 236 g/mol. The van der Waals surface area contributed by atoms with Gasteiger partial charge in [-0.2, -0.15) is 0 Å². The predicted octanol–water partition coefficient (Wildman–Crippen LogP) is 1.13. The molecule has 5 heteroatoms. The van der Waals surface area contributed by atoms with Gasteiger partial charge in [-0.25, -0.2) is 4.98 Å². The number of ether oxygens (including phenoxy) is 1. The Balaban J connectivity index is 1.94. The normalized spacial score (nSPS) is 22.1. The van der Waals surface area contributed by atoms with Gasteiger partial charge in [0.2, 0.25) is 0 Å². The van der Waals surface area contributed by atoms with Crippen molar-refractivity contribution >= 4 is 5.82 Å². The van der Waals surface area contributed by atoms with Gasteiger partial charge in [-0.05, 0) is 13.3 Å². The second-order valence-electron chi connectivity index (χ2n) is 4.41. The lowest BCUT2D eigenvalue weighted by Gasteiger charge is -2.21. The van der Waals surface area contributed by atoms with Gasteiger partial charge in [-0.3, -0.25) is 9.88 Å². The van der Waals surface area contributed by atoms with Crippen LogP contribution in [0.3, 0.4) is 0 Å². The van der Waals surface area contributed by atoms with Crippen molar-refractivity contribution in [3.63, 3.8) is 0 Å². The van der Waals surface area contributed by atoms with Gasteiger partial charge in [-0.1, -0.05) is 0 Å². The molecular weight excluding hydrogens is 216 g/mol. The molecule has 1 N–H and O–H groups in total. The molecule has 2 rings (SSSR count). The van der Waals surface area contributed by atoms with E-state index in [0.717, 1.165) is 44.2 Å². The van der Waals surface area contributed by atoms with Crippen LogP contribution in [0.2, 0.25) is 0 Å². The highest BCUT2D eigenvalue weighted by Gasteiger charge is 2.15. The fourth-order valence-electron chi connectivity index (χ4n) is 2.02. The number of anilines is 1. The van der Waals surface area contributed by atoms with Crippen LogP contribution in [0.5, 0.6) is 0 Å². The minimum Gasteiger partial charge on any atom is -0.377 e. The maximum atomic E-state index is 5.62. The molecule has 2 heterocycles. The Morgan fingerprint density at radius 2 is 2.35 bits per heavy atom. The molecule has 1 fully saturated rings. The summed E-state index contributed by atoms with van der Waals surface area (Å²) in [6.45, 7) is 5.87. The molecular formula is C12H20N4O. The van der Waals surface area contributed by atoms with Crippen LogP contribution in [-0.4, -0.2) is 47.7 Å². The van der Waals surface area contributed by atoms with Gasteiger partial charge in [-0.15, -0.1) is 0 Å². The van der Waals surface area contributed by atoms with E-state index in [0.29, 0.717) is 6.10 Å². The van der Waals surface area contributed by atoms with Crippen molar-refractivity contribution in [2.45, 2.75) is 26.0 Å². The van der Waals surface area contributed by atoms with E-state index in [4.69, 9.17) is 4.74 Å². The molecule has 0 aliphatic carbocycles. The molecule has 1 unspecified atom stereocenters. The topological polar surface area (TPSA) is 50.3 Å². The predicted molar refractivity (Wildman–Crippen MR) is 66.9 cm³/mol. The van der Waals surface area contributed by atoms with E-state index in [1.165, 1.54) is 0 Å². The van der Waals surface area contributed by atoms with Gasteiger partial charge in [0.15, 0.2) is 0 Å². The zero-order chi connectivity index (χ0) is 12.1. The minimum absolute atomic E-state index is 0.307. The van der Waals surface area contributed by atoms with E-state index in [2.05, 4.69) is 27.1 Å². The van der Waals surface area contributed by atoms with Gasteiger partial charge < -0.3 is 10.1 Å². The Bertz CT molecular complexity index is 341. The number of hydrogen-bond donors (Lipinski definition) is 1. The van der Waals surface area contributed by atoms with Crippen LogP contribution in [0.15, 0.2) is 12.4 Å². The summed E-state index contributed by atoms with van der Waals surface area (Å²) in [6, 6.07) is 0. The molecule has 0 radical (unpaired) electrons. The second kappa shape index (κ2) is 5.93. The Labute approximate surface area is 102 Å². The third-order valence-electron chi connectivity index (χ3n) is 2.88. The zero-order valence-corrected chi connectivity index (χ0v) is 10.5. The molecule has 0 saturated carbocycles. The number of aromatic nitrogens is 2. The standard InChI is InChI=1S/C12H20N4O/c1-10-8-16(4-3-5-17-10)9-11-6-15-12(13-2)7-14-11/h6-7,10H,3-5,8-9H2,1-2H3,(H,13,15). The van der Waals surface area contributed by atoms with Gasteiger partial charge in [0.25, 0.3) is 0 Å². The molecule has 1 aromatic heterocycles. The molecule has 1 aliphatic rings. The van der Waals surface area contributed by atoms with E-state index in [1.807, 2.05) is 13.2 Å². The van der Waals surface area contributed by atoms with Crippen LogP contribution in [0.4, 0.5) is 5.82 Å². The first kappa shape index (κ1) is 12.3. The summed E-state index contributed by atoms with van der Waals surface area (Å²) in [5.41, 5.74) is 1.01. The fourth-order valence-corrected chi connectivity index (χ4v) is 2.02. The molecule has 1 aliphatic heterocycles. The van der Waals surface area contributed by atoms with Crippen molar-refractivity contribution in [2.75, 3.05) is 32.1 Å². The van der Waals surface area contributed by atoms with Crippen LogP contribution in [0.1, 0.15) is 19.0 Å². The van der Waals surface area contributed by atoms with E-state index < -0.39 is 0 Å². The zero-order valence-electron chi connectivity index (χ0n) is 10.5. The molecule has 0 amide bonds. The highest BCUT2D eigenvalue weighted by Crippen LogP contribution is 2.09. The van der Waals surface area contributed by atoms with Crippen molar-refractivity contribution < 1.29 is 4.74 Å². The van der Waals surface area contributed by atoms with Crippen LogP contribution in [0.25, 0.3) is 0 Å². The summed E-state index contributed by atoms with van der Waals surface area (Å²) in [6.07, 6.45) is 5.00. The Morgan fingerprint density at radius 1 is 1.47 bits per heavy atom. The Morgan fingerprint density at radius 3 is 3.06 bits per heavy atom. The highest BCUT2D eigenvalue weighted by atomic mass is 16.5.